The van der Waals surface area contributed by atoms with Crippen molar-refractivity contribution in [3.8, 4) is 0 Å². The van der Waals surface area contributed by atoms with Crippen LogP contribution >= 0.6 is 11.3 Å². The van der Waals surface area contributed by atoms with Crippen molar-refractivity contribution in [3.63, 3.8) is 0 Å². The predicted octanol–water partition coefficient (Wildman–Crippen LogP) is 0.738. The first-order valence-corrected chi connectivity index (χ1v) is 9.25. The molecule has 1 aromatic heterocycles. The van der Waals surface area contributed by atoms with E-state index >= 15 is 0 Å². The first-order chi connectivity index (χ1) is 10.3. The van der Waals surface area contributed by atoms with Crippen molar-refractivity contribution in [1.82, 2.24) is 9.62 Å². The highest BCUT2D eigenvalue weighted by molar-refractivity contribution is 7.91. The maximum atomic E-state index is 12.3. The number of carbonyl (C=O) groups is 2. The number of hydrogen-bond acceptors (Lipinski definition) is 5. The molecule has 1 aromatic rings. The Bertz CT molecular complexity index is 641. The average Bonchev–Trinajstić information content (AvgIpc) is 3.01. The third-order valence-corrected chi connectivity index (χ3v) is 6.48. The van der Waals surface area contributed by atoms with Crippen molar-refractivity contribution >= 4 is 33.2 Å². The topological polar surface area (TPSA) is 104 Å². The van der Waals surface area contributed by atoms with E-state index in [4.69, 9.17) is 5.11 Å². The van der Waals surface area contributed by atoms with Crippen LogP contribution in [0.25, 0.3) is 0 Å². The number of nitrogens with zero attached hydrogens (tertiary/aromatic N) is 1. The van der Waals surface area contributed by atoms with Gasteiger partial charge >= 0.3 is 5.97 Å². The first kappa shape index (κ1) is 16.9. The van der Waals surface area contributed by atoms with Gasteiger partial charge in [-0.05, 0) is 31.2 Å². The van der Waals surface area contributed by atoms with Crippen molar-refractivity contribution in [1.29, 1.82) is 0 Å². The van der Waals surface area contributed by atoms with Crippen molar-refractivity contribution in [2.45, 2.75) is 30.0 Å². The number of amides is 1. The molecule has 0 spiro atoms. The Morgan fingerprint density at radius 1 is 1.50 bits per heavy atom. The van der Waals surface area contributed by atoms with Gasteiger partial charge in [0.05, 0.1) is 12.0 Å². The molecule has 1 amide bonds. The summed E-state index contributed by atoms with van der Waals surface area (Å²) >= 11 is 1.07. The molecule has 2 rings (SSSR count). The monoisotopic (exact) mass is 346 g/mol. The molecule has 0 radical (unpaired) electrons. The Morgan fingerprint density at radius 3 is 2.82 bits per heavy atom. The van der Waals surface area contributed by atoms with Crippen LogP contribution in [-0.4, -0.2) is 49.4 Å². The lowest BCUT2D eigenvalue weighted by Gasteiger charge is -2.32. The second kappa shape index (κ2) is 6.76. The predicted molar refractivity (Wildman–Crippen MR) is 81.0 cm³/mol. The lowest BCUT2D eigenvalue weighted by atomic mass is 9.98. The van der Waals surface area contributed by atoms with Gasteiger partial charge in [0.2, 0.25) is 5.91 Å². The van der Waals surface area contributed by atoms with E-state index in [-0.39, 0.29) is 10.8 Å². The van der Waals surface area contributed by atoms with Crippen LogP contribution in [0.4, 0.5) is 0 Å². The highest BCUT2D eigenvalue weighted by Gasteiger charge is 2.32. The number of piperidine rings is 1. The van der Waals surface area contributed by atoms with Gasteiger partial charge in [0.25, 0.3) is 10.0 Å². The molecule has 1 saturated heterocycles. The molecule has 2 heterocycles. The zero-order valence-electron chi connectivity index (χ0n) is 12.1. The van der Waals surface area contributed by atoms with Gasteiger partial charge in [-0.2, -0.15) is 4.72 Å². The molecule has 1 fully saturated rings. The van der Waals surface area contributed by atoms with E-state index < -0.39 is 33.9 Å². The molecule has 1 aliphatic heterocycles. The van der Waals surface area contributed by atoms with E-state index in [2.05, 4.69) is 4.72 Å². The van der Waals surface area contributed by atoms with E-state index in [0.717, 1.165) is 11.3 Å². The lowest BCUT2D eigenvalue weighted by Crippen LogP contribution is -2.50. The Morgan fingerprint density at radius 2 is 2.23 bits per heavy atom. The summed E-state index contributed by atoms with van der Waals surface area (Å²) in [5.41, 5.74) is 0. The largest absolute Gasteiger partial charge is 0.481 e. The molecule has 2 atom stereocenters. The standard InChI is InChI=1S/C13H18N2O5S2/c1-9(14-22(19,20)11-5-3-7-21-11)12(16)15-6-2-4-10(8-15)13(17)18/h3,5,7,9-10,14H,2,4,6,8H2,1H3,(H,17,18). The van der Waals surface area contributed by atoms with Gasteiger partial charge in [0.15, 0.2) is 0 Å². The fraction of sp³-hybridized carbons (Fsp3) is 0.538. The molecule has 0 aromatic carbocycles. The fourth-order valence-electron chi connectivity index (χ4n) is 2.41. The maximum Gasteiger partial charge on any atom is 0.308 e. The molecule has 0 aliphatic carbocycles. The molecule has 7 nitrogen and oxygen atoms in total. The molecule has 0 saturated carbocycles. The number of nitrogens with one attached hydrogen (secondary N) is 1. The van der Waals surface area contributed by atoms with Crippen LogP contribution in [0.15, 0.2) is 21.7 Å². The van der Waals surface area contributed by atoms with E-state index in [1.54, 1.807) is 11.4 Å². The van der Waals surface area contributed by atoms with E-state index in [1.165, 1.54) is 17.9 Å². The molecule has 9 heteroatoms. The molecule has 2 N–H and O–H groups in total. The minimum absolute atomic E-state index is 0.124. The summed E-state index contributed by atoms with van der Waals surface area (Å²) < 4.78 is 26.7. The van der Waals surface area contributed by atoms with Crippen LogP contribution in [-0.2, 0) is 19.6 Å². The summed E-state index contributed by atoms with van der Waals surface area (Å²) in [5.74, 6) is -1.91. The van der Waals surface area contributed by atoms with E-state index in [9.17, 15) is 18.0 Å². The molecular weight excluding hydrogens is 328 g/mol. The van der Waals surface area contributed by atoms with Crippen LogP contribution < -0.4 is 4.72 Å². The Hall–Kier alpha value is -1.45. The van der Waals surface area contributed by atoms with E-state index in [0.29, 0.717) is 19.4 Å². The number of rotatable bonds is 5. The van der Waals surface area contributed by atoms with E-state index in [1.807, 2.05) is 0 Å². The van der Waals surface area contributed by atoms with Crippen LogP contribution in [0.1, 0.15) is 19.8 Å². The van der Waals surface area contributed by atoms with Crippen LogP contribution in [0.5, 0.6) is 0 Å². The molecule has 1 aliphatic rings. The number of carboxylic acids is 1. The lowest BCUT2D eigenvalue weighted by molar-refractivity contribution is -0.146. The molecule has 0 bridgehead atoms. The number of aliphatic carboxylic acids is 1. The van der Waals surface area contributed by atoms with Gasteiger partial charge in [0.1, 0.15) is 4.21 Å². The number of carbonyl (C=O) groups excluding carboxylic acids is 1. The SMILES string of the molecule is CC(NS(=O)(=O)c1cccs1)C(=O)N1CCCC(C(=O)O)C1. The van der Waals surface area contributed by atoms with Crippen LogP contribution in [0.3, 0.4) is 0 Å². The summed E-state index contributed by atoms with van der Waals surface area (Å²) in [6, 6.07) is 2.15. The number of thiophene rings is 1. The van der Waals surface area contributed by atoms with Gasteiger partial charge in [-0.15, -0.1) is 11.3 Å². The number of hydrogen-bond donors (Lipinski definition) is 2. The van der Waals surface area contributed by atoms with Crippen molar-refractivity contribution in [3.05, 3.63) is 17.5 Å². The Kier molecular flexibility index (Phi) is 5.20. The van der Waals surface area contributed by atoms with Gasteiger partial charge in [0, 0.05) is 13.1 Å². The number of sulfonamides is 1. The highest BCUT2D eigenvalue weighted by Crippen LogP contribution is 2.19. The Balaban J connectivity index is 2.02. The second-order valence-corrected chi connectivity index (χ2v) is 8.13. The van der Waals surface area contributed by atoms with Crippen LogP contribution in [0, 0.1) is 5.92 Å². The summed E-state index contributed by atoms with van der Waals surface area (Å²) in [6.07, 6.45) is 1.14. The van der Waals surface area contributed by atoms with Crippen LogP contribution in [0.2, 0.25) is 0 Å². The fourth-order valence-corrected chi connectivity index (χ4v) is 4.62. The van der Waals surface area contributed by atoms with Gasteiger partial charge in [-0.25, -0.2) is 8.42 Å². The quantitative estimate of drug-likeness (QED) is 0.818. The summed E-state index contributed by atoms with van der Waals surface area (Å²) in [6.45, 7) is 2.05. The summed E-state index contributed by atoms with van der Waals surface area (Å²) in [5, 5.41) is 10.7. The zero-order valence-corrected chi connectivity index (χ0v) is 13.7. The minimum atomic E-state index is -3.73. The Labute approximate surface area is 133 Å². The zero-order chi connectivity index (χ0) is 16.3. The normalized spacial score (nSPS) is 20.6. The third kappa shape index (κ3) is 3.84. The molecule has 122 valence electrons. The average molecular weight is 346 g/mol. The smallest absolute Gasteiger partial charge is 0.308 e. The van der Waals surface area contributed by atoms with Crippen molar-refractivity contribution in [2.24, 2.45) is 5.92 Å². The minimum Gasteiger partial charge on any atom is -0.481 e. The van der Waals surface area contributed by atoms with Gasteiger partial charge < -0.3 is 10.0 Å². The van der Waals surface area contributed by atoms with Gasteiger partial charge in [-0.1, -0.05) is 6.07 Å². The third-order valence-electron chi connectivity index (χ3n) is 3.54. The second-order valence-electron chi connectivity index (χ2n) is 5.24. The molecule has 2 unspecified atom stereocenters. The maximum absolute atomic E-state index is 12.3. The highest BCUT2D eigenvalue weighted by atomic mass is 32.2. The number of carboxylic acid groups (broad SMARTS) is 1. The molecular formula is C13H18N2O5S2. The molecule has 22 heavy (non-hydrogen) atoms. The number of likely N-dealkylation sites (tertiary alicyclic amines) is 1. The van der Waals surface area contributed by atoms with Crippen molar-refractivity contribution in [2.75, 3.05) is 13.1 Å². The first-order valence-electron chi connectivity index (χ1n) is 6.88. The van der Waals surface area contributed by atoms with Gasteiger partial charge in [-0.3, -0.25) is 9.59 Å². The summed E-state index contributed by atoms with van der Waals surface area (Å²) in [4.78, 5) is 24.8. The van der Waals surface area contributed by atoms with Crippen molar-refractivity contribution < 1.29 is 23.1 Å². The summed E-state index contributed by atoms with van der Waals surface area (Å²) in [7, 11) is -3.73.